The number of fused-ring (bicyclic) bond motifs is 7. The number of phenolic OH excluding ortho intramolecular Hbond substituents is 7. The number of aromatic hydroxyl groups is 7. The lowest BCUT2D eigenvalue weighted by Gasteiger charge is -2.27. The largest absolute Gasteiger partial charge is 0.507 e. The van der Waals surface area contributed by atoms with Crippen LogP contribution in [0.1, 0.15) is 114 Å². The quantitative estimate of drug-likeness (QED) is 0.0292. The molecular formula is C122H94N6O21. The third kappa shape index (κ3) is 23.6. The third-order valence-electron chi connectivity index (χ3n) is 24.9. The summed E-state index contributed by atoms with van der Waals surface area (Å²) in [5.41, 5.74) is 20.9. The molecular weight excluding hydrogens is 1890 g/mol. The van der Waals surface area contributed by atoms with Gasteiger partial charge in [0.05, 0.1) is 71.9 Å². The monoisotopic (exact) mass is 1980 g/mol. The first-order valence-electron chi connectivity index (χ1n) is 46.3. The lowest BCUT2D eigenvalue weighted by Crippen LogP contribution is -2.40. The van der Waals surface area contributed by atoms with Crippen LogP contribution >= 0.6 is 0 Å². The number of carbonyl (C=O) groups excluding carboxylic acids is 11. The number of ether oxygens (including phenoxy) is 3. The predicted octanol–water partition coefficient (Wildman–Crippen LogP) is 22.8. The Morgan fingerprint density at radius 3 is 0.987 bits per heavy atom. The lowest BCUT2D eigenvalue weighted by atomic mass is 9.97. The molecule has 20 aromatic rings. The van der Waals surface area contributed by atoms with E-state index >= 15 is 0 Å². The van der Waals surface area contributed by atoms with Crippen molar-refractivity contribution in [1.29, 1.82) is 0 Å². The minimum atomic E-state index is -0.462. The van der Waals surface area contributed by atoms with Crippen molar-refractivity contribution < 1.29 is 103 Å². The van der Waals surface area contributed by atoms with Gasteiger partial charge in [0, 0.05) is 79.8 Å². The molecule has 3 heterocycles. The maximum atomic E-state index is 12.7. The molecule has 2 aromatic heterocycles. The normalized spacial score (nSPS) is 11.2. The number of rotatable bonds is 18. The number of phenols is 7. The van der Waals surface area contributed by atoms with E-state index in [0.29, 0.717) is 137 Å². The van der Waals surface area contributed by atoms with E-state index < -0.39 is 5.91 Å². The molecule has 27 heteroatoms. The van der Waals surface area contributed by atoms with Crippen molar-refractivity contribution in [3.05, 3.63) is 414 Å². The van der Waals surface area contributed by atoms with Gasteiger partial charge in [-0.2, -0.15) is 0 Å². The summed E-state index contributed by atoms with van der Waals surface area (Å²) in [7, 11) is 6.25. The van der Waals surface area contributed by atoms with Gasteiger partial charge in [-0.15, -0.1) is 0 Å². The molecule has 9 N–H and O–H groups in total. The van der Waals surface area contributed by atoms with Crippen molar-refractivity contribution >= 4 is 143 Å². The standard InChI is InChI=1S/C22H19NO4.C20H17NO3.C19H14O4.C18H13NO3.C16H11NO2.C15H10N2O2.C12H10O3/c24-14-20-19-6-4-16(12-17(19)5-7-21(20)25)15-2-1-3-18(13-15)22(26)23-8-10-27-11-9-23;1-21(2)20(24)14-5-3-13(4-6-14)15-7-9-17-16(11-15)8-10-19(23)18(17)12-22;1-23-19(22)15-4-2-3-12(10-15)13-5-7-16-14(9-13)6-8-18(21)17(16)11-20;19-18(22)12-3-1-11(2-4-12)13-5-7-15-14(9-13)6-8-17(21)16(15)10-20;18-10-15-14-5-3-11(13-2-1-7-17-9-13)8-12(14)4-6-16(15)19;18-8-14-13-3-1-10(12-6-16-9-17-7-12)5-11(13)2-4-15(14)19;1-15-11-6-8-4-2-3-5-9(8)10(7-13)12(11)14/h1-7,12-14,25H,8-11H2;3-12,23H,1-2H3;2-11,21H,1H3;1-10,21H,(H2,19,22);1-10,19H;1-9,19H;2-7,14H,1H3. The van der Waals surface area contributed by atoms with Gasteiger partial charge in [-0.05, 0) is 265 Å². The fourth-order valence-corrected chi connectivity index (χ4v) is 17.1. The zero-order chi connectivity index (χ0) is 105. The predicted molar refractivity (Wildman–Crippen MR) is 574 cm³/mol. The molecule has 0 atom stereocenters. The molecule has 1 aliphatic heterocycles. The molecule has 0 aliphatic carbocycles. The van der Waals surface area contributed by atoms with Crippen LogP contribution in [0.25, 0.3) is 142 Å². The van der Waals surface area contributed by atoms with Crippen molar-refractivity contribution in [2.45, 2.75) is 0 Å². The molecule has 0 saturated carbocycles. The Morgan fingerprint density at radius 1 is 0.315 bits per heavy atom. The van der Waals surface area contributed by atoms with Crippen LogP contribution in [0.5, 0.6) is 46.0 Å². The zero-order valence-corrected chi connectivity index (χ0v) is 80.5. The van der Waals surface area contributed by atoms with Crippen LogP contribution in [0.3, 0.4) is 0 Å². The fraction of sp³-hybridized carbons (Fsp3) is 0.0656. The van der Waals surface area contributed by atoms with Crippen LogP contribution in [0.15, 0.2) is 353 Å². The van der Waals surface area contributed by atoms with Crippen LogP contribution < -0.4 is 10.5 Å². The van der Waals surface area contributed by atoms with Crippen molar-refractivity contribution in [1.82, 2.24) is 24.8 Å². The van der Waals surface area contributed by atoms with E-state index in [-0.39, 0.29) is 80.3 Å². The highest BCUT2D eigenvalue weighted by atomic mass is 16.5. The van der Waals surface area contributed by atoms with E-state index in [1.165, 1.54) is 50.9 Å². The van der Waals surface area contributed by atoms with Crippen LogP contribution in [0, 0.1) is 0 Å². The highest BCUT2D eigenvalue weighted by molar-refractivity contribution is 6.09. The molecule has 18 aromatic carbocycles. The number of esters is 1. The number of methoxy groups -OCH3 is 2. The number of nitrogens with zero attached hydrogens (tertiary/aromatic N) is 5. The summed E-state index contributed by atoms with van der Waals surface area (Å²) < 4.78 is 15.0. The Kier molecular flexibility index (Phi) is 33.1. The van der Waals surface area contributed by atoms with Gasteiger partial charge in [-0.25, -0.2) is 14.8 Å². The number of benzene rings is 18. The van der Waals surface area contributed by atoms with E-state index in [9.17, 15) is 88.5 Å². The first-order chi connectivity index (χ1) is 72.3. The van der Waals surface area contributed by atoms with Crippen molar-refractivity contribution in [3.8, 4) is 113 Å². The van der Waals surface area contributed by atoms with E-state index in [2.05, 4.69) is 15.0 Å². The minimum absolute atomic E-state index is 0.00158. The van der Waals surface area contributed by atoms with Crippen LogP contribution in [-0.4, -0.2) is 183 Å². The number of pyridine rings is 1. The Morgan fingerprint density at radius 2 is 0.631 bits per heavy atom. The smallest absolute Gasteiger partial charge is 0.337 e. The molecule has 0 bridgehead atoms. The first kappa shape index (κ1) is 103. The van der Waals surface area contributed by atoms with Gasteiger partial charge in [0.15, 0.2) is 55.5 Å². The second kappa shape index (κ2) is 47.7. The fourth-order valence-electron chi connectivity index (χ4n) is 17.1. The molecule has 0 unspecified atom stereocenters. The first-order valence-corrected chi connectivity index (χ1v) is 46.3. The van der Waals surface area contributed by atoms with Gasteiger partial charge >= 0.3 is 5.97 Å². The Labute approximate surface area is 852 Å². The molecule has 149 heavy (non-hydrogen) atoms. The number of aldehydes is 7. The highest BCUT2D eigenvalue weighted by Gasteiger charge is 2.22. The average Bonchev–Trinajstić information content (AvgIpc) is 0.759. The van der Waals surface area contributed by atoms with E-state index in [1.54, 1.807) is 153 Å². The van der Waals surface area contributed by atoms with Gasteiger partial charge in [-0.3, -0.25) is 52.9 Å². The number of hydrogen-bond donors (Lipinski definition) is 8. The summed E-state index contributed by atoms with van der Waals surface area (Å²) in [5.74, 6) is -0.761. The molecule has 0 spiro atoms. The Hall–Kier alpha value is -20.1. The van der Waals surface area contributed by atoms with Crippen LogP contribution in [0.4, 0.5) is 0 Å². The van der Waals surface area contributed by atoms with Gasteiger partial charge in [0.2, 0.25) is 5.91 Å². The number of morpholine rings is 1. The molecule has 1 aliphatic rings. The van der Waals surface area contributed by atoms with E-state index in [1.807, 2.05) is 187 Å². The van der Waals surface area contributed by atoms with E-state index in [4.69, 9.17) is 19.9 Å². The van der Waals surface area contributed by atoms with Crippen LogP contribution in [0.2, 0.25) is 0 Å². The van der Waals surface area contributed by atoms with Crippen molar-refractivity contribution in [3.63, 3.8) is 0 Å². The maximum absolute atomic E-state index is 12.7. The topological polar surface area (TPSA) is 428 Å². The Balaban J connectivity index is 0.000000131. The van der Waals surface area contributed by atoms with Gasteiger partial charge in [0.1, 0.15) is 40.8 Å². The van der Waals surface area contributed by atoms with Crippen LogP contribution in [-0.2, 0) is 9.47 Å². The summed E-state index contributed by atoms with van der Waals surface area (Å²) in [5, 5.41) is 79.2. The summed E-state index contributed by atoms with van der Waals surface area (Å²) in [6.07, 6.45) is 13.1. The molecule has 0 radical (unpaired) electrons. The average molecular weight is 1980 g/mol. The number of primary amides is 1. The third-order valence-corrected chi connectivity index (χ3v) is 24.9. The van der Waals surface area contributed by atoms with Crippen molar-refractivity contribution in [2.75, 3.05) is 54.6 Å². The second-order valence-corrected chi connectivity index (χ2v) is 34.1. The number of nitrogens with two attached hydrogens (primary N) is 1. The Bertz CT molecular complexity index is 8400. The summed E-state index contributed by atoms with van der Waals surface area (Å²) >= 11 is 0. The number of hydrogen-bond acceptors (Lipinski definition) is 24. The molecule has 21 rings (SSSR count). The summed E-state index contributed by atoms with van der Waals surface area (Å²) in [6, 6.07) is 95.7. The number of amides is 3. The van der Waals surface area contributed by atoms with Crippen molar-refractivity contribution in [2.24, 2.45) is 5.73 Å². The lowest BCUT2D eigenvalue weighted by molar-refractivity contribution is 0.0302. The second-order valence-electron chi connectivity index (χ2n) is 34.1. The number of aromatic nitrogens is 3. The molecule has 738 valence electrons. The molecule has 3 amide bonds. The van der Waals surface area contributed by atoms with Gasteiger partial charge in [0.25, 0.3) is 11.8 Å². The van der Waals surface area contributed by atoms with E-state index in [0.717, 1.165) is 121 Å². The molecule has 1 saturated heterocycles. The SMILES string of the molecule is CN(C)C(=O)c1ccc(-c2ccc3c(C=O)c(O)ccc3c2)cc1.COC(=O)c1cccc(-c2ccc3c(C=O)c(O)ccc3c2)c1.COc1cc2ccccc2c(C=O)c1O.NC(=O)c1ccc(-c2ccc3c(C=O)c(O)ccc3c2)cc1.O=Cc1c(O)ccc2cc(-c3cccc(C(=O)N4CCOCC4)c3)ccc12.O=Cc1c(O)ccc2cc(-c3cccnc3)ccc12.O=Cc1c(O)ccc2cc(-c3cncnc3)ccc12. The van der Waals surface area contributed by atoms with Gasteiger partial charge in [-0.1, -0.05) is 188 Å². The molecule has 27 nitrogen and oxygen atoms in total. The molecule has 1 fully saturated rings. The highest BCUT2D eigenvalue weighted by Crippen LogP contribution is 2.40. The minimum Gasteiger partial charge on any atom is -0.507 e. The summed E-state index contributed by atoms with van der Waals surface area (Å²) in [6.45, 7) is 2.36. The number of carbonyl (C=O) groups is 11. The maximum Gasteiger partial charge on any atom is 0.337 e. The summed E-state index contributed by atoms with van der Waals surface area (Å²) in [4.78, 5) is 140. The zero-order valence-electron chi connectivity index (χ0n) is 80.5. The van der Waals surface area contributed by atoms with Gasteiger partial charge < -0.3 is 65.5 Å².